The van der Waals surface area contributed by atoms with Crippen LogP contribution >= 0.6 is 11.6 Å². The van der Waals surface area contributed by atoms with E-state index in [9.17, 15) is 14.0 Å². The molecule has 1 unspecified atom stereocenters. The lowest BCUT2D eigenvalue weighted by molar-refractivity contribution is -0.141. The summed E-state index contributed by atoms with van der Waals surface area (Å²) in [5, 5.41) is 8.69. The van der Waals surface area contributed by atoms with Crippen LogP contribution in [-0.2, 0) is 4.79 Å². The number of benzene rings is 1. The van der Waals surface area contributed by atoms with Gasteiger partial charge in [-0.3, -0.25) is 9.59 Å². The summed E-state index contributed by atoms with van der Waals surface area (Å²) in [5.74, 6) is -2.67. The second-order valence-electron chi connectivity index (χ2n) is 3.70. The van der Waals surface area contributed by atoms with E-state index >= 15 is 0 Å². The summed E-state index contributed by atoms with van der Waals surface area (Å²) in [7, 11) is 0. The van der Waals surface area contributed by atoms with Gasteiger partial charge in [-0.15, -0.1) is 0 Å². The van der Waals surface area contributed by atoms with Crippen LogP contribution in [0.4, 0.5) is 4.39 Å². The summed E-state index contributed by atoms with van der Waals surface area (Å²) in [5.41, 5.74) is 0.233. The first-order chi connectivity index (χ1) is 7.95. The molecule has 0 aromatic heterocycles. The predicted octanol–water partition coefficient (Wildman–Crippen LogP) is 3.16. The molecule has 0 radical (unpaired) electrons. The molecular formula is C12H12ClFO3. The number of aliphatic carboxylic acids is 1. The van der Waals surface area contributed by atoms with Crippen molar-refractivity contribution in [2.24, 2.45) is 5.92 Å². The zero-order valence-electron chi connectivity index (χ0n) is 9.24. The molecule has 0 saturated carbocycles. The molecule has 1 rings (SSSR count). The molecule has 17 heavy (non-hydrogen) atoms. The number of carbonyl (C=O) groups is 2. The second-order valence-corrected chi connectivity index (χ2v) is 4.11. The molecule has 0 fully saturated rings. The molecule has 0 saturated heterocycles. The van der Waals surface area contributed by atoms with Gasteiger partial charge in [0, 0.05) is 12.0 Å². The van der Waals surface area contributed by atoms with Crippen molar-refractivity contribution in [2.45, 2.75) is 19.8 Å². The van der Waals surface area contributed by atoms with E-state index in [1.807, 2.05) is 0 Å². The molecule has 0 aliphatic heterocycles. The number of carboxylic acid groups (broad SMARTS) is 1. The van der Waals surface area contributed by atoms with E-state index in [0.717, 1.165) is 6.07 Å². The molecule has 92 valence electrons. The first kappa shape index (κ1) is 13.6. The normalized spacial score (nSPS) is 12.2. The van der Waals surface area contributed by atoms with Gasteiger partial charge in [-0.25, -0.2) is 4.39 Å². The van der Waals surface area contributed by atoms with Crippen LogP contribution in [0.5, 0.6) is 0 Å². The monoisotopic (exact) mass is 258 g/mol. The Balaban J connectivity index is 2.82. The molecule has 0 aliphatic carbocycles. The second kappa shape index (κ2) is 5.77. The minimum Gasteiger partial charge on any atom is -0.481 e. The van der Waals surface area contributed by atoms with Gasteiger partial charge in [-0.05, 0) is 24.6 Å². The Morgan fingerprint density at radius 2 is 2.12 bits per heavy atom. The van der Waals surface area contributed by atoms with E-state index in [1.54, 1.807) is 6.92 Å². The summed E-state index contributed by atoms with van der Waals surface area (Å²) < 4.78 is 12.9. The molecule has 0 bridgehead atoms. The first-order valence-electron chi connectivity index (χ1n) is 5.16. The third-order valence-electron chi connectivity index (χ3n) is 2.52. The zero-order chi connectivity index (χ0) is 13.0. The zero-order valence-corrected chi connectivity index (χ0v) is 10.00. The van der Waals surface area contributed by atoms with Crippen molar-refractivity contribution in [3.8, 4) is 0 Å². The van der Waals surface area contributed by atoms with E-state index in [2.05, 4.69) is 0 Å². The number of hydrogen-bond acceptors (Lipinski definition) is 2. The average Bonchev–Trinajstić information content (AvgIpc) is 2.28. The molecule has 0 heterocycles. The topological polar surface area (TPSA) is 54.4 Å². The Labute approximate surface area is 103 Å². The van der Waals surface area contributed by atoms with Gasteiger partial charge in [-0.1, -0.05) is 18.5 Å². The van der Waals surface area contributed by atoms with Crippen molar-refractivity contribution in [3.63, 3.8) is 0 Å². The maximum atomic E-state index is 12.9. The Kier molecular flexibility index (Phi) is 4.63. The van der Waals surface area contributed by atoms with E-state index in [-0.39, 0.29) is 22.8 Å². The van der Waals surface area contributed by atoms with Gasteiger partial charge in [-0.2, -0.15) is 0 Å². The van der Waals surface area contributed by atoms with E-state index in [0.29, 0.717) is 6.42 Å². The number of halogens is 2. The molecular weight excluding hydrogens is 247 g/mol. The number of carboxylic acids is 1. The number of carbonyl (C=O) groups excluding carboxylic acids is 1. The van der Waals surface area contributed by atoms with Gasteiger partial charge in [0.1, 0.15) is 5.82 Å². The van der Waals surface area contributed by atoms with Gasteiger partial charge < -0.3 is 5.11 Å². The van der Waals surface area contributed by atoms with Crippen molar-refractivity contribution in [2.75, 3.05) is 0 Å². The fraction of sp³-hybridized carbons (Fsp3) is 0.333. The van der Waals surface area contributed by atoms with Crippen LogP contribution in [0, 0.1) is 11.7 Å². The predicted molar refractivity (Wildman–Crippen MR) is 61.8 cm³/mol. The number of Topliss-reactive ketones (excluding diaryl/α,β-unsaturated/α-hetero) is 1. The van der Waals surface area contributed by atoms with Crippen LogP contribution in [0.2, 0.25) is 5.02 Å². The molecule has 1 N–H and O–H groups in total. The highest BCUT2D eigenvalue weighted by atomic mass is 35.5. The highest BCUT2D eigenvalue weighted by Crippen LogP contribution is 2.19. The van der Waals surface area contributed by atoms with Crippen molar-refractivity contribution in [1.29, 1.82) is 0 Å². The lowest BCUT2D eigenvalue weighted by Crippen LogP contribution is -2.17. The Morgan fingerprint density at radius 3 is 2.59 bits per heavy atom. The van der Waals surface area contributed by atoms with Gasteiger partial charge in [0.15, 0.2) is 5.78 Å². The van der Waals surface area contributed by atoms with Crippen molar-refractivity contribution in [3.05, 3.63) is 34.6 Å². The van der Waals surface area contributed by atoms with Crippen LogP contribution < -0.4 is 0 Å². The van der Waals surface area contributed by atoms with E-state index in [1.165, 1.54) is 12.1 Å². The largest absolute Gasteiger partial charge is 0.481 e. The highest BCUT2D eigenvalue weighted by molar-refractivity contribution is 6.31. The summed E-state index contributed by atoms with van der Waals surface area (Å²) in [4.78, 5) is 22.5. The summed E-state index contributed by atoms with van der Waals surface area (Å²) in [6.45, 7) is 1.70. The molecule has 1 atom stereocenters. The third-order valence-corrected chi connectivity index (χ3v) is 2.81. The van der Waals surface area contributed by atoms with Crippen LogP contribution in [0.25, 0.3) is 0 Å². The fourth-order valence-electron chi connectivity index (χ4n) is 1.42. The fourth-order valence-corrected chi connectivity index (χ4v) is 1.60. The molecule has 5 heteroatoms. The van der Waals surface area contributed by atoms with Gasteiger partial charge in [0.05, 0.1) is 10.9 Å². The maximum absolute atomic E-state index is 12.9. The lowest BCUT2D eigenvalue weighted by Gasteiger charge is -2.08. The summed E-state index contributed by atoms with van der Waals surface area (Å²) >= 11 is 5.55. The van der Waals surface area contributed by atoms with Crippen LogP contribution in [-0.4, -0.2) is 16.9 Å². The standard InChI is InChI=1S/C12H12ClFO3/c1-2-7(12(16)17)6-11(15)8-3-4-10(14)9(13)5-8/h3-5,7H,2,6H2,1H3,(H,16,17). The molecule has 0 aliphatic rings. The summed E-state index contributed by atoms with van der Waals surface area (Å²) in [6, 6.07) is 3.61. The Morgan fingerprint density at radius 1 is 1.47 bits per heavy atom. The molecule has 0 spiro atoms. The average molecular weight is 259 g/mol. The maximum Gasteiger partial charge on any atom is 0.306 e. The Bertz CT molecular complexity index is 445. The SMILES string of the molecule is CCC(CC(=O)c1ccc(F)c(Cl)c1)C(=O)O. The quantitative estimate of drug-likeness (QED) is 0.826. The van der Waals surface area contributed by atoms with Gasteiger partial charge in [0.2, 0.25) is 0 Å². The first-order valence-corrected chi connectivity index (χ1v) is 5.54. The van der Waals surface area contributed by atoms with Crippen molar-refractivity contribution < 1.29 is 19.1 Å². The van der Waals surface area contributed by atoms with Gasteiger partial charge >= 0.3 is 5.97 Å². The van der Waals surface area contributed by atoms with E-state index < -0.39 is 17.7 Å². The lowest BCUT2D eigenvalue weighted by atomic mass is 9.96. The molecule has 1 aromatic rings. The molecule has 3 nitrogen and oxygen atoms in total. The third kappa shape index (κ3) is 3.53. The van der Waals surface area contributed by atoms with Crippen LogP contribution in [0.15, 0.2) is 18.2 Å². The smallest absolute Gasteiger partial charge is 0.306 e. The number of rotatable bonds is 5. The highest BCUT2D eigenvalue weighted by Gasteiger charge is 2.20. The van der Waals surface area contributed by atoms with E-state index in [4.69, 9.17) is 16.7 Å². The molecule has 0 amide bonds. The van der Waals surface area contributed by atoms with Gasteiger partial charge in [0.25, 0.3) is 0 Å². The minimum atomic E-state index is -1.01. The molecule has 1 aromatic carbocycles. The number of ketones is 1. The number of hydrogen-bond donors (Lipinski definition) is 1. The van der Waals surface area contributed by atoms with Crippen LogP contribution in [0.1, 0.15) is 30.1 Å². The van der Waals surface area contributed by atoms with Crippen molar-refractivity contribution >= 4 is 23.4 Å². The summed E-state index contributed by atoms with van der Waals surface area (Å²) in [6.07, 6.45) is 0.268. The minimum absolute atomic E-state index is 0.103. The Hall–Kier alpha value is -1.42. The van der Waals surface area contributed by atoms with Crippen LogP contribution in [0.3, 0.4) is 0 Å². The van der Waals surface area contributed by atoms with Crippen molar-refractivity contribution in [1.82, 2.24) is 0 Å².